The minimum absolute atomic E-state index is 0.156. The molecule has 0 aliphatic carbocycles. The van der Waals surface area contributed by atoms with E-state index in [0.29, 0.717) is 17.7 Å². The largest absolute Gasteiger partial charge is 0.465 e. The van der Waals surface area contributed by atoms with Gasteiger partial charge in [-0.3, -0.25) is 9.59 Å². The number of carbonyl (C=O) groups excluding carboxylic acids is 3. The minimum atomic E-state index is -0.397. The molecule has 6 nitrogen and oxygen atoms in total. The highest BCUT2D eigenvalue weighted by atomic mass is 16.5. The molecule has 6 heteroatoms. The van der Waals surface area contributed by atoms with Crippen molar-refractivity contribution in [2.75, 3.05) is 14.2 Å². The van der Waals surface area contributed by atoms with E-state index in [1.165, 1.54) is 13.2 Å². The molecule has 2 aromatic carbocycles. The van der Waals surface area contributed by atoms with Crippen molar-refractivity contribution in [1.29, 1.82) is 0 Å². The van der Waals surface area contributed by atoms with Gasteiger partial charge >= 0.3 is 5.97 Å². The maximum absolute atomic E-state index is 11.9. The maximum Gasteiger partial charge on any atom is 0.337 e. The van der Waals surface area contributed by atoms with Crippen LogP contribution >= 0.6 is 0 Å². The molecule has 0 aliphatic heterocycles. The summed E-state index contributed by atoms with van der Waals surface area (Å²) < 4.78 is 4.64. The fraction of sp³-hybridized carbons (Fsp3) is 0.150. The maximum atomic E-state index is 11.9. The van der Waals surface area contributed by atoms with Crippen molar-refractivity contribution in [3.8, 4) is 0 Å². The van der Waals surface area contributed by atoms with Gasteiger partial charge in [0.2, 0.25) is 5.91 Å². The first-order valence-electron chi connectivity index (χ1n) is 7.99. The third-order valence-electron chi connectivity index (χ3n) is 3.67. The van der Waals surface area contributed by atoms with E-state index in [2.05, 4.69) is 15.4 Å². The summed E-state index contributed by atoms with van der Waals surface area (Å²) in [5.74, 6) is -0.792. The van der Waals surface area contributed by atoms with Gasteiger partial charge in [-0.2, -0.15) is 0 Å². The highest BCUT2D eigenvalue weighted by Crippen LogP contribution is 2.07. The quantitative estimate of drug-likeness (QED) is 0.616. The Balaban J connectivity index is 1.87. The zero-order chi connectivity index (χ0) is 18.9. The molecule has 2 rings (SSSR count). The zero-order valence-electron chi connectivity index (χ0n) is 14.6. The number of esters is 1. The van der Waals surface area contributed by atoms with E-state index in [9.17, 15) is 14.4 Å². The van der Waals surface area contributed by atoms with E-state index in [0.717, 1.165) is 11.1 Å². The predicted molar refractivity (Wildman–Crippen MR) is 98.5 cm³/mol. The molecular formula is C20H20N2O4. The van der Waals surface area contributed by atoms with Crippen molar-refractivity contribution in [3.05, 3.63) is 76.9 Å². The summed E-state index contributed by atoms with van der Waals surface area (Å²) in [5, 5.41) is 5.31. The highest BCUT2D eigenvalue weighted by molar-refractivity contribution is 5.95. The second-order valence-corrected chi connectivity index (χ2v) is 5.44. The normalized spacial score (nSPS) is 10.4. The molecule has 0 atom stereocenters. The summed E-state index contributed by atoms with van der Waals surface area (Å²) in [4.78, 5) is 34.7. The number of hydrogen-bond acceptors (Lipinski definition) is 4. The molecule has 0 heterocycles. The first-order chi connectivity index (χ1) is 12.5. The molecule has 0 unspecified atom stereocenters. The second-order valence-electron chi connectivity index (χ2n) is 5.44. The SMILES string of the molecule is CNC(=O)c1ccc(/C=C/C(=O)NCc2ccc(C(=O)OC)cc2)cc1. The van der Waals surface area contributed by atoms with Crippen LogP contribution < -0.4 is 10.6 Å². The Morgan fingerprint density at radius 2 is 1.58 bits per heavy atom. The second kappa shape index (κ2) is 9.17. The van der Waals surface area contributed by atoms with Gasteiger partial charge < -0.3 is 15.4 Å². The Kier molecular flexibility index (Phi) is 6.68. The first kappa shape index (κ1) is 18.9. The van der Waals surface area contributed by atoms with Gasteiger partial charge in [-0.05, 0) is 41.5 Å². The number of hydrogen-bond donors (Lipinski definition) is 2. The molecule has 26 heavy (non-hydrogen) atoms. The summed E-state index contributed by atoms with van der Waals surface area (Å²) in [6.07, 6.45) is 3.10. The van der Waals surface area contributed by atoms with Crippen molar-refractivity contribution in [2.24, 2.45) is 0 Å². The van der Waals surface area contributed by atoms with Gasteiger partial charge in [0.15, 0.2) is 0 Å². The molecule has 2 amide bonds. The Morgan fingerprint density at radius 1 is 0.962 bits per heavy atom. The third-order valence-corrected chi connectivity index (χ3v) is 3.67. The fourth-order valence-electron chi connectivity index (χ4n) is 2.19. The molecule has 0 spiro atoms. The van der Waals surface area contributed by atoms with Crippen LogP contribution in [0, 0.1) is 0 Å². The molecule has 0 bridgehead atoms. The summed E-state index contributed by atoms with van der Waals surface area (Å²) in [7, 11) is 2.90. The average molecular weight is 352 g/mol. The molecule has 2 aromatic rings. The molecule has 0 saturated heterocycles. The van der Waals surface area contributed by atoms with Crippen LogP contribution in [-0.2, 0) is 16.1 Å². The van der Waals surface area contributed by atoms with E-state index >= 15 is 0 Å². The number of methoxy groups -OCH3 is 1. The number of ether oxygens (including phenoxy) is 1. The molecule has 0 aromatic heterocycles. The molecule has 0 fully saturated rings. The van der Waals surface area contributed by atoms with Crippen LogP contribution in [0.1, 0.15) is 31.8 Å². The third kappa shape index (κ3) is 5.31. The van der Waals surface area contributed by atoms with E-state index in [4.69, 9.17) is 0 Å². The standard InChI is InChI=1S/C20H20N2O4/c1-21-19(24)16-8-3-14(4-9-16)7-12-18(23)22-13-15-5-10-17(11-6-15)20(25)26-2/h3-12H,13H2,1-2H3,(H,21,24)(H,22,23)/b12-7+. The van der Waals surface area contributed by atoms with Crippen LogP contribution in [0.5, 0.6) is 0 Å². The summed E-state index contributed by atoms with van der Waals surface area (Å²) in [6, 6.07) is 13.7. The van der Waals surface area contributed by atoms with Gasteiger partial charge in [0.1, 0.15) is 0 Å². The number of carbonyl (C=O) groups is 3. The number of rotatable bonds is 6. The molecule has 2 N–H and O–H groups in total. The monoisotopic (exact) mass is 352 g/mol. The summed E-state index contributed by atoms with van der Waals surface area (Å²) in [5.41, 5.74) is 2.71. The van der Waals surface area contributed by atoms with Crippen LogP contribution in [-0.4, -0.2) is 31.9 Å². The van der Waals surface area contributed by atoms with Crippen LogP contribution in [0.4, 0.5) is 0 Å². The van der Waals surface area contributed by atoms with Crippen molar-refractivity contribution >= 4 is 23.9 Å². The van der Waals surface area contributed by atoms with Crippen LogP contribution in [0.25, 0.3) is 6.08 Å². The lowest BCUT2D eigenvalue weighted by atomic mass is 10.1. The highest BCUT2D eigenvalue weighted by Gasteiger charge is 2.05. The van der Waals surface area contributed by atoms with Crippen molar-refractivity contribution in [2.45, 2.75) is 6.54 Å². The smallest absolute Gasteiger partial charge is 0.337 e. The Labute approximate surface area is 151 Å². The average Bonchev–Trinajstić information content (AvgIpc) is 2.70. The lowest BCUT2D eigenvalue weighted by Gasteiger charge is -2.04. The zero-order valence-corrected chi connectivity index (χ0v) is 14.6. The van der Waals surface area contributed by atoms with Gasteiger partial charge in [-0.15, -0.1) is 0 Å². The lowest BCUT2D eigenvalue weighted by molar-refractivity contribution is -0.116. The Bertz CT molecular complexity index is 809. The first-order valence-corrected chi connectivity index (χ1v) is 7.99. The van der Waals surface area contributed by atoms with E-state index < -0.39 is 5.97 Å². The van der Waals surface area contributed by atoms with Crippen molar-refractivity contribution in [1.82, 2.24) is 10.6 Å². The van der Waals surface area contributed by atoms with Gasteiger partial charge in [0.25, 0.3) is 5.91 Å². The lowest BCUT2D eigenvalue weighted by Crippen LogP contribution is -2.20. The number of benzene rings is 2. The summed E-state index contributed by atoms with van der Waals surface area (Å²) >= 11 is 0. The molecule has 0 saturated carbocycles. The van der Waals surface area contributed by atoms with Crippen LogP contribution in [0.3, 0.4) is 0 Å². The Hall–Kier alpha value is -3.41. The van der Waals surface area contributed by atoms with E-state index in [1.807, 2.05) is 0 Å². The van der Waals surface area contributed by atoms with E-state index in [-0.39, 0.29) is 11.8 Å². The fourth-order valence-corrected chi connectivity index (χ4v) is 2.19. The van der Waals surface area contributed by atoms with Gasteiger partial charge in [0, 0.05) is 25.2 Å². The van der Waals surface area contributed by atoms with Crippen LogP contribution in [0.2, 0.25) is 0 Å². The topological polar surface area (TPSA) is 84.5 Å². The molecular weight excluding hydrogens is 332 g/mol. The van der Waals surface area contributed by atoms with Crippen molar-refractivity contribution in [3.63, 3.8) is 0 Å². The molecule has 134 valence electrons. The summed E-state index contributed by atoms with van der Waals surface area (Å²) in [6.45, 7) is 0.347. The van der Waals surface area contributed by atoms with Crippen molar-refractivity contribution < 1.29 is 19.1 Å². The van der Waals surface area contributed by atoms with Gasteiger partial charge in [-0.25, -0.2) is 4.79 Å². The predicted octanol–water partition coefficient (Wildman–Crippen LogP) is 2.16. The van der Waals surface area contributed by atoms with Gasteiger partial charge in [0.05, 0.1) is 12.7 Å². The number of nitrogens with one attached hydrogen (secondary N) is 2. The molecule has 0 radical (unpaired) electrons. The van der Waals surface area contributed by atoms with Gasteiger partial charge in [-0.1, -0.05) is 24.3 Å². The van der Waals surface area contributed by atoms with Crippen LogP contribution in [0.15, 0.2) is 54.6 Å². The molecule has 0 aliphatic rings. The Morgan fingerprint density at radius 3 is 2.15 bits per heavy atom. The number of amides is 2. The minimum Gasteiger partial charge on any atom is -0.465 e. The van der Waals surface area contributed by atoms with E-state index in [1.54, 1.807) is 61.7 Å².